The van der Waals surface area contributed by atoms with Gasteiger partial charge in [-0.1, -0.05) is 6.07 Å². The van der Waals surface area contributed by atoms with Crippen LogP contribution in [0.3, 0.4) is 0 Å². The zero-order valence-electron chi connectivity index (χ0n) is 24.5. The zero-order chi connectivity index (χ0) is 32.6. The van der Waals surface area contributed by atoms with E-state index in [0.717, 1.165) is 40.4 Å². The van der Waals surface area contributed by atoms with Crippen molar-refractivity contribution in [3.8, 4) is 11.8 Å². The van der Waals surface area contributed by atoms with E-state index < -0.39 is 29.8 Å². The highest BCUT2D eigenvalue weighted by Gasteiger charge is 2.29. The number of ether oxygens (including phenoxy) is 1. The third kappa shape index (κ3) is 8.83. The lowest BCUT2D eigenvalue weighted by molar-refractivity contribution is -0.135. The fourth-order valence-corrected chi connectivity index (χ4v) is 5.61. The molecule has 1 aliphatic heterocycles. The van der Waals surface area contributed by atoms with Crippen molar-refractivity contribution >= 4 is 52.2 Å². The first-order chi connectivity index (χ1) is 21.5. The van der Waals surface area contributed by atoms with Crippen LogP contribution in [0, 0.1) is 11.3 Å². The van der Waals surface area contributed by atoms with Gasteiger partial charge >= 0.3 is 6.18 Å². The van der Waals surface area contributed by atoms with E-state index >= 15 is 0 Å². The minimum atomic E-state index is -4.66. The lowest BCUT2D eigenvalue weighted by Gasteiger charge is -2.35. The summed E-state index contributed by atoms with van der Waals surface area (Å²) in [5, 5.41) is 16.8. The highest BCUT2D eigenvalue weighted by atomic mass is 32.1. The Hall–Kier alpha value is -4.88. The highest BCUT2D eigenvalue weighted by molar-refractivity contribution is 7.07. The number of nitriles is 1. The predicted molar refractivity (Wildman–Crippen MR) is 164 cm³/mol. The van der Waals surface area contributed by atoms with Crippen LogP contribution in [0.2, 0.25) is 0 Å². The Balaban J connectivity index is 1.39. The van der Waals surface area contributed by atoms with Crippen LogP contribution in [0.5, 0.6) is 5.75 Å². The van der Waals surface area contributed by atoms with Crippen molar-refractivity contribution in [2.75, 3.05) is 61.9 Å². The number of aromatic nitrogens is 2. The van der Waals surface area contributed by atoms with E-state index in [9.17, 15) is 32.8 Å². The Morgan fingerprint density at radius 2 is 1.80 bits per heavy atom. The average Bonchev–Trinajstić information content (AvgIpc) is 3.34. The number of methoxy groups -OCH3 is 1. The molecule has 1 aromatic carbocycles. The minimum absolute atomic E-state index is 0.0727. The number of carbonyl (C=O) groups excluding carboxylic acids is 2. The molecule has 0 saturated carbocycles. The van der Waals surface area contributed by atoms with E-state index in [1.54, 1.807) is 43.6 Å². The van der Waals surface area contributed by atoms with Crippen LogP contribution in [-0.4, -0.2) is 78.8 Å². The summed E-state index contributed by atoms with van der Waals surface area (Å²) < 4.78 is 44.0. The number of nitrogens with one attached hydrogen (secondary N) is 3. The molecule has 0 unspecified atom stereocenters. The smallest absolute Gasteiger partial charge is 0.405 e. The summed E-state index contributed by atoms with van der Waals surface area (Å²) >= 11 is 0.778. The summed E-state index contributed by atoms with van der Waals surface area (Å²) in [6.45, 7) is 3.20. The summed E-state index contributed by atoms with van der Waals surface area (Å²) in [6, 6.07) is 14.3. The fraction of sp³-hybridized carbons (Fsp3) is 0.345. The average molecular weight is 645 g/mol. The summed E-state index contributed by atoms with van der Waals surface area (Å²) in [5.74, 6) is -0.0964. The summed E-state index contributed by atoms with van der Waals surface area (Å²) in [7, 11) is 1.62. The predicted octanol–water partition coefficient (Wildman–Crippen LogP) is 1.30. The minimum Gasteiger partial charge on any atom is -0.497 e. The number of anilines is 3. The normalized spacial score (nSPS) is 14.8. The van der Waals surface area contributed by atoms with Gasteiger partial charge < -0.3 is 25.6 Å². The van der Waals surface area contributed by atoms with E-state index in [0.29, 0.717) is 18.9 Å². The molecule has 0 atom stereocenters. The third-order valence-corrected chi connectivity index (χ3v) is 7.90. The van der Waals surface area contributed by atoms with Gasteiger partial charge in [0, 0.05) is 44.6 Å². The molecule has 0 aliphatic carbocycles. The van der Waals surface area contributed by atoms with Gasteiger partial charge in [-0.25, -0.2) is 4.98 Å². The van der Waals surface area contributed by atoms with Crippen LogP contribution in [-0.2, 0) is 16.1 Å². The largest absolute Gasteiger partial charge is 0.497 e. The molecule has 3 N–H and O–H groups in total. The van der Waals surface area contributed by atoms with Crippen LogP contribution in [0.15, 0.2) is 47.3 Å². The standard InChI is InChI=1S/C29H31F3N8O4S/c1-3-40-27(43)22(45-28(40)21(15-33)26(42)35-18-29(30,31)32)16-34-23-5-4-6-24(36-23)37-25(41)17-38-11-13-39(14-12-38)19-7-9-20(44-2)10-8-19/h4-10,16H,3,11-14,17-18H2,1-2H3,(H,35,42)(H2,34,36,37,41). The number of carbonyl (C=O) groups is 2. The molecule has 238 valence electrons. The molecule has 0 radical (unpaired) electrons. The van der Waals surface area contributed by atoms with Crippen LogP contribution in [0.1, 0.15) is 6.92 Å². The molecule has 45 heavy (non-hydrogen) atoms. The Morgan fingerprint density at radius 1 is 1.11 bits per heavy atom. The van der Waals surface area contributed by atoms with E-state index in [1.807, 2.05) is 29.2 Å². The number of halogens is 3. The summed E-state index contributed by atoms with van der Waals surface area (Å²) in [5.41, 5.74) is -0.0570. The van der Waals surface area contributed by atoms with Crippen LogP contribution < -0.4 is 40.3 Å². The number of nitrogens with zero attached hydrogens (tertiary/aromatic N) is 5. The van der Waals surface area contributed by atoms with E-state index in [2.05, 4.69) is 20.5 Å². The van der Waals surface area contributed by atoms with Gasteiger partial charge in [-0.2, -0.15) is 18.4 Å². The molecule has 3 aromatic rings. The number of piperazine rings is 1. The Kier molecular flexibility index (Phi) is 10.8. The van der Waals surface area contributed by atoms with Crippen LogP contribution >= 0.6 is 11.3 Å². The number of hydrogen-bond acceptors (Lipinski definition) is 10. The van der Waals surface area contributed by atoms with Crippen molar-refractivity contribution in [2.24, 2.45) is 0 Å². The SMILES string of the molecule is CCn1c(=C(C#N)C(=O)NCC(F)(F)F)sc(=CNc2cccc(NC(=O)CN3CCN(c4ccc(OC)cc4)CC3)n2)c1=O. The van der Waals surface area contributed by atoms with Gasteiger partial charge in [0.1, 0.15) is 39.2 Å². The number of thiazole rings is 1. The van der Waals surface area contributed by atoms with Crippen molar-refractivity contribution in [3.63, 3.8) is 0 Å². The van der Waals surface area contributed by atoms with Crippen molar-refractivity contribution in [2.45, 2.75) is 19.6 Å². The van der Waals surface area contributed by atoms with E-state index in [-0.39, 0.29) is 34.0 Å². The Morgan fingerprint density at radius 3 is 2.42 bits per heavy atom. The molecular formula is C29H31F3N8O4S. The number of alkyl halides is 3. The van der Waals surface area contributed by atoms with Crippen molar-refractivity contribution < 1.29 is 27.5 Å². The molecule has 3 heterocycles. The maximum atomic E-state index is 12.9. The first-order valence-electron chi connectivity index (χ1n) is 13.8. The van der Waals surface area contributed by atoms with Crippen LogP contribution in [0.25, 0.3) is 11.8 Å². The molecule has 0 spiro atoms. The summed E-state index contributed by atoms with van der Waals surface area (Å²) in [6.07, 6.45) is -3.34. The molecule has 1 saturated heterocycles. The second-order valence-electron chi connectivity index (χ2n) is 9.81. The Bertz CT molecular complexity index is 1740. The van der Waals surface area contributed by atoms with Gasteiger partial charge in [0.2, 0.25) is 5.91 Å². The number of hydrogen-bond donors (Lipinski definition) is 3. The lowest BCUT2D eigenvalue weighted by Crippen LogP contribution is -2.48. The third-order valence-electron chi connectivity index (χ3n) is 6.77. The fourth-order valence-electron chi connectivity index (χ4n) is 4.52. The molecule has 12 nitrogen and oxygen atoms in total. The van der Waals surface area contributed by atoms with Gasteiger partial charge in [-0.3, -0.25) is 23.9 Å². The maximum Gasteiger partial charge on any atom is 0.405 e. The van der Waals surface area contributed by atoms with Gasteiger partial charge in [0.05, 0.1) is 13.7 Å². The van der Waals surface area contributed by atoms with Gasteiger partial charge in [0.25, 0.3) is 11.5 Å². The van der Waals surface area contributed by atoms with Gasteiger partial charge in [-0.05, 0) is 43.3 Å². The van der Waals surface area contributed by atoms with Crippen molar-refractivity contribution in [1.82, 2.24) is 19.8 Å². The quantitative estimate of drug-likeness (QED) is 0.298. The zero-order valence-corrected chi connectivity index (χ0v) is 25.3. The Labute approximate surface area is 260 Å². The first kappa shape index (κ1) is 33.0. The van der Waals surface area contributed by atoms with Gasteiger partial charge in [-0.15, -0.1) is 11.3 Å². The summed E-state index contributed by atoms with van der Waals surface area (Å²) in [4.78, 5) is 46.6. The highest BCUT2D eigenvalue weighted by Crippen LogP contribution is 2.20. The number of rotatable bonds is 10. The van der Waals surface area contributed by atoms with E-state index in [1.165, 1.54) is 6.20 Å². The topological polar surface area (TPSA) is 145 Å². The number of pyridine rings is 1. The second-order valence-corrected chi connectivity index (χ2v) is 10.8. The monoisotopic (exact) mass is 644 g/mol. The second kappa shape index (κ2) is 14.7. The van der Waals surface area contributed by atoms with Crippen molar-refractivity contribution in [3.05, 3.63) is 62.0 Å². The molecule has 1 fully saturated rings. The number of benzene rings is 1. The van der Waals surface area contributed by atoms with E-state index in [4.69, 9.17) is 4.74 Å². The van der Waals surface area contributed by atoms with Crippen LogP contribution in [0.4, 0.5) is 30.5 Å². The molecule has 4 rings (SSSR count). The molecule has 16 heteroatoms. The van der Waals surface area contributed by atoms with Gasteiger partial charge in [0.15, 0.2) is 5.57 Å². The molecule has 0 bridgehead atoms. The lowest BCUT2D eigenvalue weighted by atomic mass is 10.2. The molecule has 2 amide bonds. The molecular weight excluding hydrogens is 613 g/mol. The molecule has 2 aromatic heterocycles. The maximum absolute atomic E-state index is 12.9. The van der Waals surface area contributed by atoms with Crippen molar-refractivity contribution in [1.29, 1.82) is 5.26 Å². The molecule has 1 aliphatic rings. The first-order valence-corrected chi connectivity index (χ1v) is 14.7. The number of amides is 2.